The van der Waals surface area contributed by atoms with E-state index in [9.17, 15) is 13.2 Å². The van der Waals surface area contributed by atoms with Crippen LogP contribution < -0.4 is 4.74 Å². The Labute approximate surface area is 237 Å². The Bertz CT molecular complexity index is 1490. The first kappa shape index (κ1) is 28.3. The van der Waals surface area contributed by atoms with E-state index in [1.807, 2.05) is 69.3 Å². The van der Waals surface area contributed by atoms with E-state index in [4.69, 9.17) is 9.47 Å². The van der Waals surface area contributed by atoms with Gasteiger partial charge in [0.1, 0.15) is 18.0 Å². The maximum Gasteiger partial charge on any atom is 0.254 e. The fourth-order valence-corrected chi connectivity index (χ4v) is 7.58. The van der Waals surface area contributed by atoms with Crippen LogP contribution >= 0.6 is 0 Å². The number of rotatable bonds is 8. The second kappa shape index (κ2) is 11.7. The van der Waals surface area contributed by atoms with Gasteiger partial charge in [0, 0.05) is 31.1 Å². The largest absolute Gasteiger partial charge is 0.486 e. The molecule has 8 nitrogen and oxygen atoms in total. The van der Waals surface area contributed by atoms with E-state index in [2.05, 4.69) is 4.98 Å². The molecule has 2 saturated heterocycles. The lowest BCUT2D eigenvalue weighted by Crippen LogP contribution is -2.32. The molecule has 0 bridgehead atoms. The Hall–Kier alpha value is -3.27. The zero-order chi connectivity index (χ0) is 28.4. The zero-order valence-electron chi connectivity index (χ0n) is 23.5. The number of ether oxygens (including phenoxy) is 2. The summed E-state index contributed by atoms with van der Waals surface area (Å²) in [6.07, 6.45) is 2.66. The molecule has 40 heavy (non-hydrogen) atoms. The van der Waals surface area contributed by atoms with Crippen LogP contribution in [0.2, 0.25) is 0 Å². The maximum atomic E-state index is 13.6. The summed E-state index contributed by atoms with van der Waals surface area (Å²) in [7, 11) is -1.96. The number of benzene rings is 2. The summed E-state index contributed by atoms with van der Waals surface area (Å²) in [5, 5.41) is 0. The lowest BCUT2D eigenvalue weighted by molar-refractivity contribution is 0.0339. The molecule has 1 amide bonds. The number of carbonyl (C=O) groups excluding carboxylic acids is 1. The average Bonchev–Trinajstić information content (AvgIpc) is 3.58. The molecule has 2 aliphatic rings. The standard InChI is InChI=1S/C31H37N3O5S/c1-21-12-13-22(2)27(16-21)31(35)33-18-29(38-4)30(19-33)39-25-9-5-8-24(17-25)20-40(36,37)34-15-7-11-28(34)26-10-6-14-32-23(26)3/h5-6,8-10,12-14,16-17,28-30H,7,11,15,18-20H2,1-4H3. The third-order valence-electron chi connectivity index (χ3n) is 7.93. The number of hydrogen-bond donors (Lipinski definition) is 0. The Morgan fingerprint density at radius 2 is 1.82 bits per heavy atom. The lowest BCUT2D eigenvalue weighted by atomic mass is 10.0. The number of aromatic nitrogens is 1. The van der Waals surface area contributed by atoms with E-state index >= 15 is 0 Å². The first-order valence-electron chi connectivity index (χ1n) is 13.7. The number of amides is 1. The molecule has 3 aromatic rings. The molecule has 2 aliphatic heterocycles. The molecular formula is C31H37N3O5S. The Kier molecular flexibility index (Phi) is 8.26. The van der Waals surface area contributed by atoms with Crippen LogP contribution in [0, 0.1) is 20.8 Å². The first-order chi connectivity index (χ1) is 19.2. The van der Waals surface area contributed by atoms with Gasteiger partial charge in [-0.05, 0) is 74.6 Å². The monoisotopic (exact) mass is 563 g/mol. The number of hydrogen-bond acceptors (Lipinski definition) is 6. The number of nitrogens with zero attached hydrogens (tertiary/aromatic N) is 3. The minimum absolute atomic E-state index is 0.0433. The van der Waals surface area contributed by atoms with Crippen molar-refractivity contribution < 1.29 is 22.7 Å². The van der Waals surface area contributed by atoms with Gasteiger partial charge in [-0.3, -0.25) is 9.78 Å². The van der Waals surface area contributed by atoms with Gasteiger partial charge in [0.15, 0.2) is 0 Å². The minimum atomic E-state index is -3.57. The molecule has 9 heteroatoms. The number of carbonyl (C=O) groups is 1. The van der Waals surface area contributed by atoms with Crippen LogP contribution in [0.5, 0.6) is 5.75 Å². The van der Waals surface area contributed by atoms with E-state index in [1.165, 1.54) is 0 Å². The summed E-state index contributed by atoms with van der Waals surface area (Å²) in [5.41, 5.74) is 5.13. The van der Waals surface area contributed by atoms with Crippen LogP contribution in [-0.4, -0.2) is 67.5 Å². The predicted octanol–water partition coefficient (Wildman–Crippen LogP) is 4.59. The second-order valence-corrected chi connectivity index (χ2v) is 12.7. The van der Waals surface area contributed by atoms with Crippen LogP contribution in [0.4, 0.5) is 0 Å². The van der Waals surface area contributed by atoms with E-state index < -0.39 is 10.0 Å². The summed E-state index contributed by atoms with van der Waals surface area (Å²) in [6, 6.07) is 16.7. The van der Waals surface area contributed by atoms with E-state index in [0.717, 1.165) is 35.2 Å². The van der Waals surface area contributed by atoms with Gasteiger partial charge in [-0.25, -0.2) is 8.42 Å². The van der Waals surface area contributed by atoms with E-state index in [-0.39, 0.29) is 29.9 Å². The summed E-state index contributed by atoms with van der Waals surface area (Å²) < 4.78 is 40.7. The Balaban J connectivity index is 1.29. The highest BCUT2D eigenvalue weighted by atomic mass is 32.2. The van der Waals surface area contributed by atoms with E-state index in [1.54, 1.807) is 28.6 Å². The molecule has 212 valence electrons. The molecule has 0 radical (unpaired) electrons. The maximum absolute atomic E-state index is 13.6. The average molecular weight is 564 g/mol. The van der Waals surface area contributed by atoms with Gasteiger partial charge in [-0.2, -0.15) is 4.31 Å². The molecule has 0 N–H and O–H groups in total. The summed E-state index contributed by atoms with van der Waals surface area (Å²) in [4.78, 5) is 19.4. The van der Waals surface area contributed by atoms with Crippen LogP contribution in [0.25, 0.3) is 0 Å². The Morgan fingerprint density at radius 3 is 2.60 bits per heavy atom. The molecule has 0 saturated carbocycles. The second-order valence-electron chi connectivity index (χ2n) is 10.8. The molecular weight excluding hydrogens is 526 g/mol. The van der Waals surface area contributed by atoms with Crippen molar-refractivity contribution in [2.45, 2.75) is 57.6 Å². The van der Waals surface area contributed by atoms with Crippen molar-refractivity contribution in [2.75, 3.05) is 26.7 Å². The summed E-state index contributed by atoms with van der Waals surface area (Å²) in [6.45, 7) is 7.14. The van der Waals surface area contributed by atoms with Crippen LogP contribution in [0.3, 0.4) is 0 Å². The smallest absolute Gasteiger partial charge is 0.254 e. The molecule has 3 heterocycles. The van der Waals surface area contributed by atoms with Crippen molar-refractivity contribution in [1.82, 2.24) is 14.2 Å². The number of aryl methyl sites for hydroxylation is 3. The number of pyridine rings is 1. The van der Waals surface area contributed by atoms with Crippen molar-refractivity contribution >= 4 is 15.9 Å². The lowest BCUT2D eigenvalue weighted by Gasteiger charge is -2.25. The van der Waals surface area contributed by atoms with E-state index in [0.29, 0.717) is 36.5 Å². The van der Waals surface area contributed by atoms with Crippen molar-refractivity contribution in [3.8, 4) is 5.75 Å². The first-order valence-corrected chi connectivity index (χ1v) is 15.3. The van der Waals surface area contributed by atoms with Gasteiger partial charge in [-0.1, -0.05) is 35.9 Å². The highest BCUT2D eigenvalue weighted by Crippen LogP contribution is 2.36. The molecule has 0 spiro atoms. The molecule has 3 unspecified atom stereocenters. The number of sulfonamides is 1. The summed E-state index contributed by atoms with van der Waals surface area (Å²) in [5.74, 6) is 0.399. The third kappa shape index (κ3) is 5.92. The van der Waals surface area contributed by atoms with Crippen molar-refractivity contribution in [3.63, 3.8) is 0 Å². The topological polar surface area (TPSA) is 89.0 Å². The van der Waals surface area contributed by atoms with Gasteiger partial charge >= 0.3 is 0 Å². The number of methoxy groups -OCH3 is 1. The van der Waals surface area contributed by atoms with Crippen molar-refractivity contribution in [2.24, 2.45) is 0 Å². The van der Waals surface area contributed by atoms with Gasteiger partial charge in [-0.15, -0.1) is 0 Å². The molecule has 0 aliphatic carbocycles. The predicted molar refractivity (Wildman–Crippen MR) is 154 cm³/mol. The molecule has 2 fully saturated rings. The third-order valence-corrected chi connectivity index (χ3v) is 9.78. The van der Waals surface area contributed by atoms with Gasteiger partial charge in [0.2, 0.25) is 10.0 Å². The van der Waals surface area contributed by atoms with Crippen LogP contribution in [0.1, 0.15) is 57.2 Å². The highest BCUT2D eigenvalue weighted by Gasteiger charge is 2.38. The Morgan fingerprint density at radius 1 is 1.02 bits per heavy atom. The van der Waals surface area contributed by atoms with Crippen LogP contribution in [-0.2, 0) is 20.5 Å². The van der Waals surface area contributed by atoms with Crippen LogP contribution in [0.15, 0.2) is 60.8 Å². The fraction of sp³-hybridized carbons (Fsp3) is 0.419. The molecule has 5 rings (SSSR count). The quantitative estimate of drug-likeness (QED) is 0.398. The molecule has 3 atom stereocenters. The van der Waals surface area contributed by atoms with Gasteiger partial charge < -0.3 is 14.4 Å². The molecule has 2 aromatic carbocycles. The van der Waals surface area contributed by atoms with Gasteiger partial charge in [0.05, 0.1) is 24.9 Å². The fourth-order valence-electron chi connectivity index (χ4n) is 5.80. The SMILES string of the molecule is COC1CN(C(=O)c2cc(C)ccc2C)CC1Oc1cccc(CS(=O)(=O)N2CCCC2c2cccnc2C)c1. The molecule has 1 aromatic heterocycles. The zero-order valence-corrected chi connectivity index (χ0v) is 24.4. The minimum Gasteiger partial charge on any atom is -0.486 e. The normalized spacial score (nSPS) is 21.6. The van der Waals surface area contributed by atoms with Crippen molar-refractivity contribution in [3.05, 3.63) is 94.3 Å². The summed E-state index contributed by atoms with van der Waals surface area (Å²) >= 11 is 0. The highest BCUT2D eigenvalue weighted by molar-refractivity contribution is 7.88. The van der Waals surface area contributed by atoms with Crippen molar-refractivity contribution in [1.29, 1.82) is 0 Å². The number of likely N-dealkylation sites (tertiary alicyclic amines) is 1. The van der Waals surface area contributed by atoms with Gasteiger partial charge in [0.25, 0.3) is 5.91 Å².